The lowest BCUT2D eigenvalue weighted by atomic mass is 10.2. The number of para-hydroxylation sites is 1. The van der Waals surface area contributed by atoms with Crippen molar-refractivity contribution in [3.05, 3.63) is 29.8 Å². The number of fused-ring (bicyclic) bond motifs is 1. The molecule has 0 radical (unpaired) electrons. The van der Waals surface area contributed by atoms with Gasteiger partial charge in [0, 0.05) is 18.0 Å². The third-order valence-electron chi connectivity index (χ3n) is 2.48. The first-order valence-electron chi connectivity index (χ1n) is 4.82. The molecular weight excluding hydrogens is 220 g/mol. The Morgan fingerprint density at radius 3 is 2.94 bits per heavy atom. The quantitative estimate of drug-likeness (QED) is 0.601. The molecule has 80 valence electrons. The van der Waals surface area contributed by atoms with Crippen LogP contribution in [0.3, 0.4) is 0 Å². The van der Waals surface area contributed by atoms with Gasteiger partial charge in [-0.15, -0.1) is 0 Å². The molecule has 4 heteroatoms. The highest BCUT2D eigenvalue weighted by Gasteiger charge is 2.13. The van der Waals surface area contributed by atoms with Crippen LogP contribution in [0.5, 0.6) is 0 Å². The molecule has 0 amide bonds. The van der Waals surface area contributed by atoms with Crippen molar-refractivity contribution in [1.29, 1.82) is 5.26 Å². The predicted molar refractivity (Wildman–Crippen MR) is 64.6 cm³/mol. The molecule has 1 aromatic heterocycles. The average Bonchev–Trinajstić information content (AvgIpc) is 2.60. The lowest BCUT2D eigenvalue weighted by Crippen LogP contribution is -1.91. The Labute approximate surface area is 97.7 Å². The van der Waals surface area contributed by atoms with Crippen molar-refractivity contribution >= 4 is 29.0 Å². The minimum absolute atomic E-state index is 0.352. The molecule has 0 atom stereocenters. The fourth-order valence-electron chi connectivity index (χ4n) is 1.79. The van der Waals surface area contributed by atoms with Crippen LogP contribution in [0, 0.1) is 11.3 Å². The molecule has 0 N–H and O–H groups in total. The van der Waals surface area contributed by atoms with Gasteiger partial charge in [0.05, 0.1) is 22.4 Å². The minimum atomic E-state index is 0.352. The molecule has 1 aromatic carbocycles. The van der Waals surface area contributed by atoms with Gasteiger partial charge >= 0.3 is 0 Å². The van der Waals surface area contributed by atoms with E-state index in [9.17, 15) is 4.79 Å². The minimum Gasteiger partial charge on any atom is -0.338 e. The molecule has 0 spiro atoms. The van der Waals surface area contributed by atoms with Crippen LogP contribution < -0.4 is 0 Å². The Morgan fingerprint density at radius 1 is 1.50 bits per heavy atom. The molecule has 2 rings (SSSR count). The van der Waals surface area contributed by atoms with E-state index in [1.54, 1.807) is 0 Å². The first kappa shape index (κ1) is 10.8. The van der Waals surface area contributed by atoms with Crippen molar-refractivity contribution < 1.29 is 4.79 Å². The molecule has 0 saturated heterocycles. The summed E-state index contributed by atoms with van der Waals surface area (Å²) >= 11 is 1.39. The van der Waals surface area contributed by atoms with Crippen molar-refractivity contribution in [2.24, 2.45) is 7.05 Å². The van der Waals surface area contributed by atoms with Crippen LogP contribution in [0.2, 0.25) is 0 Å². The van der Waals surface area contributed by atoms with Gasteiger partial charge in [0.15, 0.2) is 6.29 Å². The Hall–Kier alpha value is -1.73. The zero-order valence-corrected chi connectivity index (χ0v) is 9.62. The summed E-state index contributed by atoms with van der Waals surface area (Å²) in [5.74, 6) is 0.352. The maximum atomic E-state index is 11.1. The maximum Gasteiger partial charge on any atom is 0.153 e. The third kappa shape index (κ3) is 1.59. The van der Waals surface area contributed by atoms with Gasteiger partial charge < -0.3 is 4.57 Å². The second-order valence-corrected chi connectivity index (χ2v) is 4.32. The topological polar surface area (TPSA) is 45.8 Å². The monoisotopic (exact) mass is 230 g/mol. The number of benzene rings is 1. The summed E-state index contributed by atoms with van der Waals surface area (Å²) in [6.07, 6.45) is 0.863. The van der Waals surface area contributed by atoms with E-state index in [-0.39, 0.29) is 0 Å². The highest BCUT2D eigenvalue weighted by atomic mass is 32.2. The van der Waals surface area contributed by atoms with E-state index >= 15 is 0 Å². The van der Waals surface area contributed by atoms with Crippen LogP contribution in [-0.4, -0.2) is 16.6 Å². The molecule has 0 fully saturated rings. The molecule has 2 aromatic rings. The van der Waals surface area contributed by atoms with Gasteiger partial charge in [0.25, 0.3) is 0 Å². The molecule has 0 unspecified atom stereocenters. The van der Waals surface area contributed by atoms with E-state index in [2.05, 4.69) is 6.07 Å². The Kier molecular flexibility index (Phi) is 2.97. The smallest absolute Gasteiger partial charge is 0.153 e. The van der Waals surface area contributed by atoms with E-state index < -0.39 is 0 Å². The lowest BCUT2D eigenvalue weighted by Gasteiger charge is -2.01. The number of thioether (sulfide) groups is 1. The fraction of sp³-hybridized carbons (Fsp3) is 0.167. The van der Waals surface area contributed by atoms with E-state index in [4.69, 9.17) is 5.26 Å². The molecular formula is C12H10N2OS. The van der Waals surface area contributed by atoms with Gasteiger partial charge in [0.2, 0.25) is 0 Å². The summed E-state index contributed by atoms with van der Waals surface area (Å²) in [6, 6.07) is 9.82. The molecule has 0 saturated carbocycles. The Balaban J connectivity index is 2.67. The van der Waals surface area contributed by atoms with Crippen molar-refractivity contribution in [1.82, 2.24) is 4.57 Å². The van der Waals surface area contributed by atoms with Crippen molar-refractivity contribution in [3.63, 3.8) is 0 Å². The fourth-order valence-corrected chi connectivity index (χ4v) is 2.60. The Morgan fingerprint density at radius 2 is 2.25 bits per heavy atom. The predicted octanol–water partition coefficient (Wildman–Crippen LogP) is 2.61. The highest BCUT2D eigenvalue weighted by Crippen LogP contribution is 2.30. The molecule has 1 heterocycles. The number of nitrogens with zero attached hydrogens (tertiary/aromatic N) is 2. The molecule has 3 nitrogen and oxygen atoms in total. The largest absolute Gasteiger partial charge is 0.338 e. The second kappa shape index (κ2) is 4.42. The summed E-state index contributed by atoms with van der Waals surface area (Å²) in [7, 11) is 1.91. The molecule has 0 bridgehead atoms. The Bertz CT molecular complexity index is 580. The molecule has 0 aliphatic rings. The molecule has 0 aliphatic heterocycles. The number of carbonyl (C=O) groups is 1. The van der Waals surface area contributed by atoms with Crippen LogP contribution in [0.25, 0.3) is 10.9 Å². The summed E-state index contributed by atoms with van der Waals surface area (Å²) < 4.78 is 1.96. The van der Waals surface area contributed by atoms with Gasteiger partial charge in [-0.05, 0) is 6.07 Å². The van der Waals surface area contributed by atoms with Gasteiger partial charge in [-0.3, -0.25) is 4.79 Å². The zero-order valence-electron chi connectivity index (χ0n) is 8.80. The maximum absolute atomic E-state index is 11.1. The second-order valence-electron chi connectivity index (χ2n) is 3.36. The highest BCUT2D eigenvalue weighted by molar-refractivity contribution is 7.99. The molecule has 16 heavy (non-hydrogen) atoms. The number of nitriles is 1. The van der Waals surface area contributed by atoms with Crippen molar-refractivity contribution in [2.75, 3.05) is 5.75 Å². The van der Waals surface area contributed by atoms with Gasteiger partial charge in [-0.2, -0.15) is 5.26 Å². The number of hydrogen-bond donors (Lipinski definition) is 0. The van der Waals surface area contributed by atoms with E-state index in [1.807, 2.05) is 35.9 Å². The number of hydrogen-bond acceptors (Lipinski definition) is 3. The summed E-state index contributed by atoms with van der Waals surface area (Å²) in [6.45, 7) is 0. The summed E-state index contributed by atoms with van der Waals surface area (Å²) in [4.78, 5) is 11.1. The zero-order chi connectivity index (χ0) is 11.5. The summed E-state index contributed by atoms with van der Waals surface area (Å²) in [5, 5.41) is 10.4. The van der Waals surface area contributed by atoms with Crippen molar-refractivity contribution in [3.8, 4) is 6.07 Å². The lowest BCUT2D eigenvalue weighted by molar-refractivity contribution is 0.112. The average molecular weight is 230 g/mol. The van der Waals surface area contributed by atoms with Crippen LogP contribution in [0.1, 0.15) is 10.4 Å². The van der Waals surface area contributed by atoms with E-state index in [1.165, 1.54) is 11.8 Å². The first-order chi connectivity index (χ1) is 7.79. The SMILES string of the molecule is Cn1c(SCC#N)c(C=O)c2ccccc21. The van der Waals surface area contributed by atoms with Crippen LogP contribution >= 0.6 is 11.8 Å². The van der Waals surface area contributed by atoms with Gasteiger partial charge in [-0.1, -0.05) is 30.0 Å². The normalized spacial score (nSPS) is 10.2. The number of aldehydes is 1. The first-order valence-corrected chi connectivity index (χ1v) is 5.80. The summed E-state index contributed by atoms with van der Waals surface area (Å²) in [5.41, 5.74) is 1.70. The van der Waals surface area contributed by atoms with Crippen molar-refractivity contribution in [2.45, 2.75) is 5.03 Å². The van der Waals surface area contributed by atoms with E-state index in [0.29, 0.717) is 11.3 Å². The van der Waals surface area contributed by atoms with Crippen LogP contribution in [0.4, 0.5) is 0 Å². The third-order valence-corrected chi connectivity index (χ3v) is 3.52. The van der Waals surface area contributed by atoms with Gasteiger partial charge in [-0.25, -0.2) is 0 Å². The number of rotatable bonds is 3. The van der Waals surface area contributed by atoms with Gasteiger partial charge in [0.1, 0.15) is 0 Å². The number of aromatic nitrogens is 1. The molecule has 0 aliphatic carbocycles. The van der Waals surface area contributed by atoms with Crippen LogP contribution in [0.15, 0.2) is 29.3 Å². The number of aryl methyl sites for hydroxylation is 1. The number of carbonyl (C=O) groups excluding carboxylic acids is 1. The van der Waals surface area contributed by atoms with Crippen LogP contribution in [-0.2, 0) is 7.05 Å². The van der Waals surface area contributed by atoms with E-state index in [0.717, 1.165) is 22.2 Å². The standard InChI is InChI=1S/C12H10N2OS/c1-14-11-5-3-2-4-9(11)10(8-15)12(14)16-7-6-13/h2-5,8H,7H2,1H3.